The molecule has 1 aromatic rings. The Morgan fingerprint density at radius 1 is 1.67 bits per heavy atom. The first-order valence-corrected chi connectivity index (χ1v) is 5.22. The summed E-state index contributed by atoms with van der Waals surface area (Å²) in [6, 6.07) is 0. The molecule has 15 heavy (non-hydrogen) atoms. The summed E-state index contributed by atoms with van der Waals surface area (Å²) in [5.41, 5.74) is 3.32. The van der Waals surface area contributed by atoms with Gasteiger partial charge in [0.2, 0.25) is 0 Å². The molecule has 1 aliphatic heterocycles. The van der Waals surface area contributed by atoms with Crippen molar-refractivity contribution in [3.05, 3.63) is 17.0 Å². The van der Waals surface area contributed by atoms with Gasteiger partial charge in [-0.05, 0) is 6.42 Å². The predicted octanol–water partition coefficient (Wildman–Crippen LogP) is 0.176. The highest BCUT2D eigenvalue weighted by Gasteiger charge is 2.20. The molecule has 2 heterocycles. The molecule has 0 fully saturated rings. The zero-order chi connectivity index (χ0) is 10.8. The second-order valence-electron chi connectivity index (χ2n) is 3.70. The number of carboxylic acids is 1. The highest BCUT2D eigenvalue weighted by Crippen LogP contribution is 2.18. The molecule has 0 saturated carbocycles. The third kappa shape index (κ3) is 1.87. The smallest absolute Gasteiger partial charge is 0.325 e. The summed E-state index contributed by atoms with van der Waals surface area (Å²) in [5.74, 6) is -0.832. The molecule has 2 rings (SSSR count). The number of hydrogen-bond donors (Lipinski definition) is 2. The third-order valence-corrected chi connectivity index (χ3v) is 2.71. The van der Waals surface area contributed by atoms with Gasteiger partial charge in [0.1, 0.15) is 6.54 Å². The molecule has 0 saturated heterocycles. The molecule has 5 nitrogen and oxygen atoms in total. The fraction of sp³-hybridized carbons (Fsp3) is 0.600. The Morgan fingerprint density at radius 3 is 3.13 bits per heavy atom. The van der Waals surface area contributed by atoms with Gasteiger partial charge < -0.3 is 10.4 Å². The second-order valence-corrected chi connectivity index (χ2v) is 3.70. The van der Waals surface area contributed by atoms with Gasteiger partial charge in [0.25, 0.3) is 0 Å². The van der Waals surface area contributed by atoms with Crippen molar-refractivity contribution in [3.8, 4) is 0 Å². The van der Waals surface area contributed by atoms with E-state index in [9.17, 15) is 4.79 Å². The molecule has 0 aromatic carbocycles. The summed E-state index contributed by atoms with van der Waals surface area (Å²) in [4.78, 5) is 10.7. The number of carboxylic acid groups (broad SMARTS) is 1. The molecule has 5 heteroatoms. The number of fused-ring (bicyclic) bond motifs is 1. The number of rotatable bonds is 3. The number of hydrogen-bond acceptors (Lipinski definition) is 3. The monoisotopic (exact) mass is 209 g/mol. The van der Waals surface area contributed by atoms with Crippen LogP contribution >= 0.6 is 0 Å². The lowest BCUT2D eigenvalue weighted by Gasteiger charge is -2.14. The molecule has 1 aromatic heterocycles. The van der Waals surface area contributed by atoms with Crippen molar-refractivity contribution in [3.63, 3.8) is 0 Å². The van der Waals surface area contributed by atoms with E-state index in [1.54, 1.807) is 4.68 Å². The first-order chi connectivity index (χ1) is 7.22. The van der Waals surface area contributed by atoms with E-state index in [0.717, 1.165) is 37.3 Å². The lowest BCUT2D eigenvalue weighted by molar-refractivity contribution is -0.137. The molecule has 2 N–H and O–H groups in total. The Kier molecular flexibility index (Phi) is 2.73. The van der Waals surface area contributed by atoms with Crippen molar-refractivity contribution >= 4 is 5.97 Å². The van der Waals surface area contributed by atoms with Gasteiger partial charge in [0.15, 0.2) is 0 Å². The first kappa shape index (κ1) is 10.2. The SMILES string of the molecule is CCc1nn(CC(=O)O)c2c1CNCC2. The maximum absolute atomic E-state index is 10.7. The minimum atomic E-state index is -0.832. The fourth-order valence-electron chi connectivity index (χ4n) is 2.04. The highest BCUT2D eigenvalue weighted by atomic mass is 16.4. The zero-order valence-electron chi connectivity index (χ0n) is 8.79. The van der Waals surface area contributed by atoms with Gasteiger partial charge >= 0.3 is 5.97 Å². The van der Waals surface area contributed by atoms with Gasteiger partial charge in [-0.15, -0.1) is 0 Å². The van der Waals surface area contributed by atoms with Crippen LogP contribution in [0.1, 0.15) is 23.9 Å². The van der Waals surface area contributed by atoms with Crippen LogP contribution in [0.3, 0.4) is 0 Å². The van der Waals surface area contributed by atoms with E-state index in [-0.39, 0.29) is 6.54 Å². The van der Waals surface area contributed by atoms with Crippen molar-refractivity contribution in [2.24, 2.45) is 0 Å². The number of carbonyl (C=O) groups is 1. The van der Waals surface area contributed by atoms with Crippen LogP contribution in [-0.4, -0.2) is 27.4 Å². The largest absolute Gasteiger partial charge is 0.480 e. The van der Waals surface area contributed by atoms with Crippen LogP contribution in [0.2, 0.25) is 0 Å². The van der Waals surface area contributed by atoms with Crippen molar-refractivity contribution in [2.75, 3.05) is 6.54 Å². The van der Waals surface area contributed by atoms with Crippen molar-refractivity contribution in [1.82, 2.24) is 15.1 Å². The molecule has 0 spiro atoms. The Balaban J connectivity index is 2.37. The summed E-state index contributed by atoms with van der Waals surface area (Å²) in [6.07, 6.45) is 1.73. The molecular formula is C10H15N3O2. The summed E-state index contributed by atoms with van der Waals surface area (Å²) in [6.45, 7) is 3.74. The Morgan fingerprint density at radius 2 is 2.47 bits per heavy atom. The standard InChI is InChI=1S/C10H15N3O2/c1-2-8-7-5-11-4-3-9(7)13(12-8)6-10(14)15/h11H,2-6H2,1H3,(H,14,15). The first-order valence-electron chi connectivity index (χ1n) is 5.22. The van der Waals surface area contributed by atoms with Crippen molar-refractivity contribution in [2.45, 2.75) is 32.9 Å². The molecule has 82 valence electrons. The van der Waals surface area contributed by atoms with Gasteiger partial charge in [-0.25, -0.2) is 0 Å². The van der Waals surface area contributed by atoms with E-state index < -0.39 is 5.97 Å². The third-order valence-electron chi connectivity index (χ3n) is 2.71. The van der Waals surface area contributed by atoms with Crippen LogP contribution in [0.25, 0.3) is 0 Å². The Labute approximate surface area is 88.1 Å². The van der Waals surface area contributed by atoms with Crippen LogP contribution in [-0.2, 0) is 30.7 Å². The normalized spacial score (nSPS) is 15.0. The summed E-state index contributed by atoms with van der Waals surface area (Å²) in [5, 5.41) is 16.4. The molecule has 0 amide bonds. The summed E-state index contributed by atoms with van der Waals surface area (Å²) in [7, 11) is 0. The molecule has 0 atom stereocenters. The van der Waals surface area contributed by atoms with E-state index in [1.165, 1.54) is 5.56 Å². The van der Waals surface area contributed by atoms with Crippen molar-refractivity contribution in [1.29, 1.82) is 0 Å². The Bertz CT molecular complexity index is 384. The topological polar surface area (TPSA) is 67.2 Å². The zero-order valence-corrected chi connectivity index (χ0v) is 8.79. The molecule has 1 aliphatic rings. The quantitative estimate of drug-likeness (QED) is 0.745. The van der Waals surface area contributed by atoms with Gasteiger partial charge in [-0.3, -0.25) is 9.48 Å². The highest BCUT2D eigenvalue weighted by molar-refractivity contribution is 5.66. The average molecular weight is 209 g/mol. The average Bonchev–Trinajstić information content (AvgIpc) is 2.56. The molecule has 0 radical (unpaired) electrons. The van der Waals surface area contributed by atoms with E-state index in [4.69, 9.17) is 5.11 Å². The number of nitrogens with one attached hydrogen (secondary N) is 1. The molecular weight excluding hydrogens is 194 g/mol. The molecule has 0 bridgehead atoms. The summed E-state index contributed by atoms with van der Waals surface area (Å²) < 4.78 is 1.64. The van der Waals surface area contributed by atoms with E-state index in [2.05, 4.69) is 10.4 Å². The van der Waals surface area contributed by atoms with Crippen LogP contribution in [0.15, 0.2) is 0 Å². The van der Waals surface area contributed by atoms with Crippen LogP contribution < -0.4 is 5.32 Å². The lowest BCUT2D eigenvalue weighted by atomic mass is 10.1. The van der Waals surface area contributed by atoms with Crippen LogP contribution in [0.5, 0.6) is 0 Å². The van der Waals surface area contributed by atoms with Gasteiger partial charge in [-0.2, -0.15) is 5.10 Å². The predicted molar refractivity (Wildman–Crippen MR) is 54.7 cm³/mol. The van der Waals surface area contributed by atoms with E-state index in [0.29, 0.717) is 0 Å². The van der Waals surface area contributed by atoms with Gasteiger partial charge in [0.05, 0.1) is 5.69 Å². The fourth-order valence-corrected chi connectivity index (χ4v) is 2.04. The van der Waals surface area contributed by atoms with E-state index in [1.807, 2.05) is 6.92 Å². The van der Waals surface area contributed by atoms with Gasteiger partial charge in [0, 0.05) is 30.8 Å². The number of aromatic nitrogens is 2. The minimum absolute atomic E-state index is 0.0255. The van der Waals surface area contributed by atoms with Crippen LogP contribution in [0, 0.1) is 0 Å². The Hall–Kier alpha value is -1.36. The van der Waals surface area contributed by atoms with E-state index >= 15 is 0 Å². The molecule has 0 aliphatic carbocycles. The lowest BCUT2D eigenvalue weighted by Crippen LogP contribution is -2.26. The maximum Gasteiger partial charge on any atom is 0.325 e. The number of aliphatic carboxylic acids is 1. The minimum Gasteiger partial charge on any atom is -0.480 e. The second kappa shape index (κ2) is 4.02. The number of aryl methyl sites for hydroxylation is 1. The molecule has 0 unspecified atom stereocenters. The summed E-state index contributed by atoms with van der Waals surface area (Å²) >= 11 is 0. The van der Waals surface area contributed by atoms with Gasteiger partial charge in [-0.1, -0.05) is 6.92 Å². The van der Waals surface area contributed by atoms with Crippen molar-refractivity contribution < 1.29 is 9.90 Å². The maximum atomic E-state index is 10.7. The van der Waals surface area contributed by atoms with Crippen LogP contribution in [0.4, 0.5) is 0 Å². The number of nitrogens with zero attached hydrogens (tertiary/aromatic N) is 2.